The molecule has 8 saturated carbocycles. The first kappa shape index (κ1) is 95.3. The summed E-state index contributed by atoms with van der Waals surface area (Å²) in [7, 11) is 0. The monoisotopic (exact) mass is 1760 g/mol. The zero-order chi connectivity index (χ0) is 86.4. The van der Waals surface area contributed by atoms with Crippen molar-refractivity contribution in [3.05, 3.63) is 143 Å². The first-order valence-electron chi connectivity index (χ1n) is 42.1. The first-order chi connectivity index (χ1) is 57.3. The summed E-state index contributed by atoms with van der Waals surface area (Å²) in [5, 5.41) is 9.75. The lowest BCUT2D eigenvalue weighted by molar-refractivity contribution is -0.213. The van der Waals surface area contributed by atoms with Gasteiger partial charge in [-0.25, -0.2) is 16.2 Å². The fourth-order valence-corrected chi connectivity index (χ4v) is 25.1. The number of thiocarbonyl (C=S) groups is 2. The summed E-state index contributed by atoms with van der Waals surface area (Å²) in [6, 6.07) is 34.9. The van der Waals surface area contributed by atoms with Gasteiger partial charge in [0.1, 0.15) is 65.7 Å². The van der Waals surface area contributed by atoms with Gasteiger partial charge in [-0.1, -0.05) is 147 Å². The normalized spacial score (nSPS) is 24.6. The van der Waals surface area contributed by atoms with E-state index in [0.717, 1.165) is 121 Å². The molecule has 650 valence electrons. The molecule has 0 N–H and O–H groups in total. The zero-order valence-corrected chi connectivity index (χ0v) is 75.5. The lowest BCUT2D eigenvalue weighted by Gasteiger charge is -2.60. The topological polar surface area (TPSA) is 275 Å². The highest BCUT2D eigenvalue weighted by molar-refractivity contribution is 8.53. The Kier molecular flexibility index (Phi) is 35.0. The summed E-state index contributed by atoms with van der Waals surface area (Å²) in [6.07, 6.45) is 11.1. The molecule has 8 atom stereocenters. The lowest BCUT2D eigenvalue weighted by Crippen LogP contribution is -2.60. The minimum atomic E-state index is -1.39. The number of hydrogen-bond donors (Lipinski definition) is 0. The molecule has 8 fully saturated rings. The van der Waals surface area contributed by atoms with Crippen LogP contribution >= 0.6 is 71.5 Å². The smallest absolute Gasteiger partial charge is 0.373 e. The molecule has 22 nitrogen and oxygen atoms in total. The Bertz CT molecular complexity index is 3950. The van der Waals surface area contributed by atoms with Crippen molar-refractivity contribution in [3.8, 4) is 17.6 Å². The number of hydrogen-bond acceptors (Lipinski definition) is 27. The predicted molar refractivity (Wildman–Crippen MR) is 469 cm³/mol. The number of rotatable bonds is 43. The minimum Gasteiger partial charge on any atom is -0.463 e. The van der Waals surface area contributed by atoms with Gasteiger partial charge in [0, 0.05) is 63.6 Å². The second-order valence-electron chi connectivity index (χ2n) is 34.3. The molecule has 0 spiro atoms. The molecule has 0 amide bonds. The quantitative estimate of drug-likeness (QED) is 0.00757. The SMILES string of the molecule is [C-]#[N+]C(C)(CCC(=O)OCCOC(C)OCCOC(C)OCCOC(=O)CCC(C)(C#N)CC(CC(C)(SC(=S)SC(=O)OCc1ccccc1)C(=O)OC1(CC)C2CC3CC(C2)CC1C3)c1ccc(OC(C)=O)cc1)CC(CC(C)(SC(=S)SC(=O)OCc1ccccc1)C(=O)OC1(CC)C2CC3CC(C2)CC1C3)c1ccc(OC(C)=O)cc1. The van der Waals surface area contributed by atoms with Gasteiger partial charge in [0.05, 0.1) is 44.3 Å². The van der Waals surface area contributed by atoms with E-state index < -0.39 is 102 Å². The molecule has 8 bridgehead atoms. The Labute approximate surface area is 734 Å². The van der Waals surface area contributed by atoms with Gasteiger partial charge in [0.25, 0.3) is 0 Å². The van der Waals surface area contributed by atoms with Crippen molar-refractivity contribution in [1.82, 2.24) is 0 Å². The highest BCUT2D eigenvalue weighted by atomic mass is 32.2. The molecule has 0 radical (unpaired) electrons. The Morgan fingerprint density at radius 1 is 0.492 bits per heavy atom. The predicted octanol–water partition coefficient (Wildman–Crippen LogP) is 20.6. The molecule has 0 aromatic heterocycles. The van der Waals surface area contributed by atoms with Gasteiger partial charge < -0.3 is 61.7 Å². The van der Waals surface area contributed by atoms with E-state index in [0.29, 0.717) is 48.0 Å². The van der Waals surface area contributed by atoms with Crippen LogP contribution in [0.15, 0.2) is 109 Å². The molecule has 0 heterocycles. The number of ether oxygens (including phenoxy) is 12. The van der Waals surface area contributed by atoms with E-state index in [4.69, 9.17) is 87.9 Å². The van der Waals surface area contributed by atoms with Crippen molar-refractivity contribution < 1.29 is 95.2 Å². The summed E-state index contributed by atoms with van der Waals surface area (Å²) in [5.74, 6) is 0.0399. The summed E-state index contributed by atoms with van der Waals surface area (Å²) in [4.78, 5) is 113. The van der Waals surface area contributed by atoms with Crippen LogP contribution in [-0.4, -0.2) is 132 Å². The second-order valence-corrected chi connectivity index (χ2v) is 41.6. The number of benzene rings is 4. The molecule has 8 aliphatic rings. The van der Waals surface area contributed by atoms with E-state index in [-0.39, 0.29) is 135 Å². The van der Waals surface area contributed by atoms with Crippen LogP contribution in [0.25, 0.3) is 4.85 Å². The maximum absolute atomic E-state index is 15.4. The van der Waals surface area contributed by atoms with E-state index in [1.807, 2.05) is 72.8 Å². The van der Waals surface area contributed by atoms with Crippen molar-refractivity contribution in [3.63, 3.8) is 0 Å². The van der Waals surface area contributed by atoms with Crippen LogP contribution in [0.3, 0.4) is 0 Å². The van der Waals surface area contributed by atoms with Crippen molar-refractivity contribution in [1.29, 1.82) is 5.26 Å². The van der Waals surface area contributed by atoms with Crippen LogP contribution in [-0.2, 0) is 89.3 Å². The maximum Gasteiger partial charge on any atom is 0.373 e. The van der Waals surface area contributed by atoms with Crippen LogP contribution < -0.4 is 9.47 Å². The van der Waals surface area contributed by atoms with Crippen LogP contribution in [0.1, 0.15) is 232 Å². The molecule has 4 aromatic carbocycles. The Balaban J connectivity index is 0.672. The van der Waals surface area contributed by atoms with Crippen LogP contribution in [0.2, 0.25) is 0 Å². The minimum absolute atomic E-state index is 0.00306. The standard InChI is InChI=1S/C92H116N2O20S6/c1-12-91(73-44-65-42-66(46-73)47-74(91)45-65)113-81(99)89(9,119-85(115)117-83(101)109-56-63-20-16-14-17-21-63)54-71(69-24-28-77(29-25-69)111-59(3)95)52-87(7,58-93)34-32-79(97)107-40-38-105-61(5)103-36-37-104-62(6)106-39-41-108-80(98)33-35-88(8,94-11)53-72(70-26-30-78(31-27-70)112-60(4)96)55-90(10,120-86(116)118-84(102)110-57-64-22-18-15-19-23-64)82(100)114-92(13-2)75-48-67-43-68(50-75)51-76(92)49-67/h14-31,61-62,65-68,71-76H,12-13,32-57H2,1-10H3. The zero-order valence-electron chi connectivity index (χ0n) is 70.6. The Hall–Kier alpha value is -6.96. The van der Waals surface area contributed by atoms with E-state index in [1.165, 1.54) is 26.7 Å². The number of carbonyl (C=O) groups is 8. The number of thioether (sulfide) groups is 4. The van der Waals surface area contributed by atoms with Crippen molar-refractivity contribution in [2.75, 3.05) is 39.6 Å². The van der Waals surface area contributed by atoms with Gasteiger partial charge in [-0.05, 0) is 243 Å². The number of nitrogens with zero attached hydrogens (tertiary/aromatic N) is 2. The maximum atomic E-state index is 15.4. The van der Waals surface area contributed by atoms with E-state index in [1.54, 1.807) is 77.9 Å². The molecule has 28 heteroatoms. The van der Waals surface area contributed by atoms with Crippen LogP contribution in [0.5, 0.6) is 11.5 Å². The molecule has 0 aliphatic heterocycles. The molecule has 0 saturated heterocycles. The summed E-state index contributed by atoms with van der Waals surface area (Å²) in [5.41, 5.74) is -0.502. The molecule has 120 heavy (non-hydrogen) atoms. The summed E-state index contributed by atoms with van der Waals surface area (Å²) < 4.78 is 67.9. The molecular formula is C92H116N2O20S6. The highest BCUT2D eigenvalue weighted by Crippen LogP contribution is 2.63. The van der Waals surface area contributed by atoms with Gasteiger partial charge in [-0.2, -0.15) is 5.26 Å². The fraction of sp³-hybridized carbons (Fsp3) is 0.609. The van der Waals surface area contributed by atoms with Gasteiger partial charge in [0.2, 0.25) is 5.54 Å². The molecule has 12 rings (SSSR count). The van der Waals surface area contributed by atoms with Gasteiger partial charge in [0.15, 0.2) is 12.6 Å². The van der Waals surface area contributed by atoms with Gasteiger partial charge in [-0.15, -0.1) is 0 Å². The molecule has 8 unspecified atom stereocenters. The molecule has 4 aromatic rings. The third-order valence-electron chi connectivity index (χ3n) is 25.3. The number of nitriles is 1. The van der Waals surface area contributed by atoms with Gasteiger partial charge in [-0.3, -0.25) is 28.8 Å². The highest BCUT2D eigenvalue weighted by Gasteiger charge is 2.62. The first-order valence-corrected chi connectivity index (χ1v) is 46.2. The largest absolute Gasteiger partial charge is 0.463 e. The second kappa shape index (κ2) is 44.1. The number of carbonyl (C=O) groups excluding carboxylic acids is 8. The Morgan fingerprint density at radius 3 is 1.18 bits per heavy atom. The van der Waals surface area contributed by atoms with E-state index in [2.05, 4.69) is 24.8 Å². The third kappa shape index (κ3) is 26.8. The van der Waals surface area contributed by atoms with Crippen molar-refractivity contribution in [2.45, 2.75) is 262 Å². The Morgan fingerprint density at radius 2 is 0.842 bits per heavy atom. The summed E-state index contributed by atoms with van der Waals surface area (Å²) >= 11 is 15.5. The van der Waals surface area contributed by atoms with Crippen LogP contribution in [0.4, 0.5) is 9.59 Å². The summed E-state index contributed by atoms with van der Waals surface area (Å²) in [6.45, 7) is 26.1. The molecular weight excluding hydrogens is 1650 g/mol. The van der Waals surface area contributed by atoms with Gasteiger partial charge >= 0.3 is 46.4 Å². The van der Waals surface area contributed by atoms with Crippen molar-refractivity contribution in [2.24, 2.45) is 52.8 Å². The fourth-order valence-electron chi connectivity index (χ4n) is 19.7. The molecule has 8 aliphatic carbocycles. The average molecular weight is 1760 g/mol. The lowest BCUT2D eigenvalue weighted by atomic mass is 9.49. The van der Waals surface area contributed by atoms with Crippen molar-refractivity contribution >= 4 is 125 Å². The third-order valence-corrected chi connectivity index (χ3v) is 30.1. The van der Waals surface area contributed by atoms with E-state index in [9.17, 15) is 34.0 Å². The number of esters is 6. The average Bonchev–Trinajstić information content (AvgIpc) is 0.728. The van der Waals surface area contributed by atoms with Crippen LogP contribution in [0, 0.1) is 70.7 Å². The van der Waals surface area contributed by atoms with E-state index >= 15 is 9.59 Å².